The summed E-state index contributed by atoms with van der Waals surface area (Å²) in [6.07, 6.45) is 0. The van der Waals surface area contributed by atoms with Crippen LogP contribution in [-0.4, -0.2) is 63.8 Å². The number of likely N-dealkylation sites (N-methyl/N-ethyl adjacent to an activating group) is 1. The van der Waals surface area contributed by atoms with E-state index >= 15 is 0 Å². The van der Waals surface area contributed by atoms with E-state index in [2.05, 4.69) is 0 Å². The fraction of sp³-hybridized carbons (Fsp3) is 0.364. The van der Waals surface area contributed by atoms with Gasteiger partial charge in [0.25, 0.3) is 5.91 Å². The number of rotatable bonds is 9. The van der Waals surface area contributed by atoms with Crippen molar-refractivity contribution in [2.45, 2.75) is 18.7 Å². The van der Waals surface area contributed by atoms with E-state index in [0.717, 1.165) is 4.70 Å². The smallest absolute Gasteiger partial charge is 0.261 e. The molecule has 0 aliphatic carbocycles. The third kappa shape index (κ3) is 5.58. The Bertz CT molecular complexity index is 1180. The topological polar surface area (TPSA) is 79.8 Å². The van der Waals surface area contributed by atoms with Gasteiger partial charge >= 0.3 is 0 Å². The average molecular weight is 498 g/mol. The molecular weight excluding hydrogens is 470 g/mol. The van der Waals surface area contributed by atoms with Gasteiger partial charge in [0.05, 0.1) is 27.5 Å². The zero-order valence-corrected chi connectivity index (χ0v) is 21.0. The maximum Gasteiger partial charge on any atom is 0.261 e. The van der Waals surface area contributed by atoms with Crippen molar-refractivity contribution in [1.29, 1.82) is 0 Å². The number of amides is 1. The number of carbonyl (C=O) groups excluding carboxylic acids is 1. The summed E-state index contributed by atoms with van der Waals surface area (Å²) in [6, 6.07) is 12.0. The summed E-state index contributed by atoms with van der Waals surface area (Å²) in [7, 11) is 0.286. The lowest BCUT2D eigenvalue weighted by molar-refractivity contribution is 0.0982. The summed E-state index contributed by atoms with van der Waals surface area (Å²) in [5, 5.41) is 0.512. The molecule has 174 valence electrons. The SMILES string of the molecule is CCOc1cccc2sc(N(CCN(C)C)C(=O)c3ccccc3S(=O)(=O)CC)nc12.Cl. The maximum atomic E-state index is 13.6. The van der Waals surface area contributed by atoms with Gasteiger partial charge in [-0.1, -0.05) is 36.5 Å². The molecule has 1 heterocycles. The minimum Gasteiger partial charge on any atom is -0.492 e. The predicted molar refractivity (Wildman–Crippen MR) is 132 cm³/mol. The highest BCUT2D eigenvalue weighted by Crippen LogP contribution is 2.35. The average Bonchev–Trinajstić information content (AvgIpc) is 3.18. The van der Waals surface area contributed by atoms with E-state index in [1.807, 2.05) is 44.1 Å². The third-order valence-electron chi connectivity index (χ3n) is 4.75. The van der Waals surface area contributed by atoms with Crippen LogP contribution in [0.5, 0.6) is 5.75 Å². The Morgan fingerprint density at radius 1 is 1.06 bits per heavy atom. The van der Waals surface area contributed by atoms with Crippen molar-refractivity contribution in [2.75, 3.05) is 44.4 Å². The molecule has 0 N–H and O–H groups in total. The minimum atomic E-state index is -3.55. The summed E-state index contributed by atoms with van der Waals surface area (Å²) >= 11 is 1.39. The maximum absolute atomic E-state index is 13.6. The molecule has 3 aromatic rings. The van der Waals surface area contributed by atoms with E-state index in [9.17, 15) is 13.2 Å². The first-order valence-electron chi connectivity index (χ1n) is 10.1. The number of benzene rings is 2. The van der Waals surface area contributed by atoms with Crippen molar-refractivity contribution in [3.63, 3.8) is 0 Å². The van der Waals surface area contributed by atoms with Crippen LogP contribution < -0.4 is 9.64 Å². The molecule has 0 radical (unpaired) electrons. The van der Waals surface area contributed by atoms with Gasteiger partial charge in [0, 0.05) is 13.1 Å². The molecule has 0 fully saturated rings. The Kier molecular flexibility index (Phi) is 9.03. The Hall–Kier alpha value is -2.20. The van der Waals surface area contributed by atoms with Crippen LogP contribution in [0.2, 0.25) is 0 Å². The van der Waals surface area contributed by atoms with E-state index in [1.54, 1.807) is 30.0 Å². The zero-order valence-electron chi connectivity index (χ0n) is 18.6. The van der Waals surface area contributed by atoms with Gasteiger partial charge in [0.1, 0.15) is 11.3 Å². The number of fused-ring (bicyclic) bond motifs is 1. The molecule has 0 saturated carbocycles. The summed E-state index contributed by atoms with van der Waals surface area (Å²) in [5.41, 5.74) is 0.855. The molecule has 0 spiro atoms. The summed E-state index contributed by atoms with van der Waals surface area (Å²) in [4.78, 5) is 21.9. The summed E-state index contributed by atoms with van der Waals surface area (Å²) in [5.74, 6) is 0.205. The Morgan fingerprint density at radius 2 is 1.78 bits per heavy atom. The van der Waals surface area contributed by atoms with E-state index in [-0.39, 0.29) is 34.5 Å². The number of aromatic nitrogens is 1. The second-order valence-electron chi connectivity index (χ2n) is 7.19. The van der Waals surface area contributed by atoms with Gasteiger partial charge in [-0.15, -0.1) is 12.4 Å². The summed E-state index contributed by atoms with van der Waals surface area (Å²) in [6.45, 7) is 4.96. The third-order valence-corrected chi connectivity index (χ3v) is 7.58. The molecule has 0 aliphatic rings. The zero-order chi connectivity index (χ0) is 22.6. The number of hydrogen-bond donors (Lipinski definition) is 0. The fourth-order valence-electron chi connectivity index (χ4n) is 3.10. The monoisotopic (exact) mass is 497 g/mol. The molecule has 1 aromatic heterocycles. The van der Waals surface area contributed by atoms with Gasteiger partial charge in [0.2, 0.25) is 0 Å². The number of carbonyl (C=O) groups is 1. The number of para-hydroxylation sites is 1. The van der Waals surface area contributed by atoms with Crippen LogP contribution in [0.4, 0.5) is 5.13 Å². The van der Waals surface area contributed by atoms with Crippen molar-refractivity contribution in [3.05, 3.63) is 48.0 Å². The molecular formula is C22H28ClN3O4S2. The van der Waals surface area contributed by atoms with E-state index in [1.165, 1.54) is 17.4 Å². The number of sulfone groups is 1. The van der Waals surface area contributed by atoms with Crippen molar-refractivity contribution in [1.82, 2.24) is 9.88 Å². The normalized spacial score (nSPS) is 11.4. The highest BCUT2D eigenvalue weighted by molar-refractivity contribution is 7.91. The highest BCUT2D eigenvalue weighted by atomic mass is 35.5. The van der Waals surface area contributed by atoms with Crippen molar-refractivity contribution in [3.8, 4) is 5.75 Å². The molecule has 3 rings (SSSR count). The molecule has 7 nitrogen and oxygen atoms in total. The Labute approximate surface area is 199 Å². The Morgan fingerprint density at radius 3 is 2.44 bits per heavy atom. The predicted octanol–water partition coefficient (Wildman–Crippen LogP) is 4.12. The molecule has 1 amide bonds. The molecule has 2 aromatic carbocycles. The molecule has 0 bridgehead atoms. The number of ether oxygens (including phenoxy) is 1. The second kappa shape index (κ2) is 11.1. The lowest BCUT2D eigenvalue weighted by atomic mass is 10.2. The van der Waals surface area contributed by atoms with Gasteiger partial charge in [-0.05, 0) is 45.3 Å². The number of thiazole rings is 1. The molecule has 0 unspecified atom stereocenters. The van der Waals surface area contributed by atoms with E-state index in [0.29, 0.717) is 36.1 Å². The second-order valence-corrected chi connectivity index (χ2v) is 10.4. The van der Waals surface area contributed by atoms with Gasteiger partial charge < -0.3 is 9.64 Å². The number of halogens is 1. The Balaban J connectivity index is 0.00000363. The molecule has 0 atom stereocenters. The largest absolute Gasteiger partial charge is 0.492 e. The highest BCUT2D eigenvalue weighted by Gasteiger charge is 2.27. The molecule has 0 saturated heterocycles. The standard InChI is InChI=1S/C22H27N3O4S2.ClH/c1-5-29-17-11-9-12-18-20(17)23-22(30-18)25(15-14-24(3)4)21(26)16-10-7-8-13-19(16)31(27,28)6-2;/h7-13H,5-6,14-15H2,1-4H3;1H. The van der Waals surface area contributed by atoms with Crippen LogP contribution in [0.15, 0.2) is 47.4 Å². The van der Waals surface area contributed by atoms with Gasteiger partial charge in [0.15, 0.2) is 15.0 Å². The van der Waals surface area contributed by atoms with Crippen molar-refractivity contribution < 1.29 is 17.9 Å². The number of anilines is 1. The van der Waals surface area contributed by atoms with Crippen molar-refractivity contribution >= 4 is 54.8 Å². The van der Waals surface area contributed by atoms with Crippen LogP contribution in [0.1, 0.15) is 24.2 Å². The minimum absolute atomic E-state index is 0. The molecule has 0 aliphatic heterocycles. The van der Waals surface area contributed by atoms with Crippen LogP contribution in [0.3, 0.4) is 0 Å². The van der Waals surface area contributed by atoms with Gasteiger partial charge in [-0.2, -0.15) is 0 Å². The fourth-order valence-corrected chi connectivity index (χ4v) is 5.19. The lowest BCUT2D eigenvalue weighted by Crippen LogP contribution is -2.37. The van der Waals surface area contributed by atoms with Gasteiger partial charge in [-0.3, -0.25) is 9.69 Å². The van der Waals surface area contributed by atoms with Crippen LogP contribution >= 0.6 is 23.7 Å². The van der Waals surface area contributed by atoms with E-state index in [4.69, 9.17) is 9.72 Å². The van der Waals surface area contributed by atoms with Gasteiger partial charge in [-0.25, -0.2) is 13.4 Å². The quantitative estimate of drug-likeness (QED) is 0.442. The summed E-state index contributed by atoms with van der Waals surface area (Å²) < 4.78 is 31.8. The van der Waals surface area contributed by atoms with Crippen LogP contribution in [0.25, 0.3) is 10.2 Å². The molecule has 32 heavy (non-hydrogen) atoms. The lowest BCUT2D eigenvalue weighted by Gasteiger charge is -2.23. The first kappa shape index (κ1) is 26.1. The van der Waals surface area contributed by atoms with Crippen LogP contribution in [-0.2, 0) is 9.84 Å². The number of nitrogens with zero attached hydrogens (tertiary/aromatic N) is 3. The number of hydrogen-bond acceptors (Lipinski definition) is 7. The molecule has 10 heteroatoms. The van der Waals surface area contributed by atoms with Crippen molar-refractivity contribution in [2.24, 2.45) is 0 Å². The first-order chi connectivity index (χ1) is 14.8. The first-order valence-corrected chi connectivity index (χ1v) is 12.6. The van der Waals surface area contributed by atoms with Crippen LogP contribution in [0, 0.1) is 0 Å². The van der Waals surface area contributed by atoms with E-state index < -0.39 is 9.84 Å².